The Balaban J connectivity index is 1.74. The topological polar surface area (TPSA) is 86.4 Å². The number of hydrogen-bond acceptors (Lipinski definition) is 5. The lowest BCUT2D eigenvalue weighted by atomic mass is 10.2. The third kappa shape index (κ3) is 3.10. The molecule has 0 bridgehead atoms. The van der Waals surface area contributed by atoms with Gasteiger partial charge >= 0.3 is 5.69 Å². The first kappa shape index (κ1) is 18.9. The van der Waals surface area contributed by atoms with Crippen LogP contribution in [0.4, 0.5) is 0 Å². The van der Waals surface area contributed by atoms with Gasteiger partial charge in [0, 0.05) is 24.5 Å². The molecule has 29 heavy (non-hydrogen) atoms. The van der Waals surface area contributed by atoms with E-state index in [-0.39, 0.29) is 30.6 Å². The van der Waals surface area contributed by atoms with E-state index < -0.39 is 17.2 Å². The summed E-state index contributed by atoms with van der Waals surface area (Å²) >= 11 is 0. The molecule has 0 atom stereocenters. The highest BCUT2D eigenvalue weighted by Crippen LogP contribution is 2.21. The van der Waals surface area contributed by atoms with Crippen LogP contribution in [0, 0.1) is 0 Å². The zero-order valence-electron chi connectivity index (χ0n) is 16.6. The summed E-state index contributed by atoms with van der Waals surface area (Å²) in [7, 11) is 1.34. The van der Waals surface area contributed by atoms with Crippen LogP contribution in [0.1, 0.15) is 36.1 Å². The molecule has 0 aliphatic carbocycles. The maximum absolute atomic E-state index is 13.2. The number of fused-ring (bicyclic) bond motifs is 2. The lowest BCUT2D eigenvalue weighted by Gasteiger charge is -2.30. The van der Waals surface area contributed by atoms with E-state index in [0.29, 0.717) is 6.54 Å². The first-order chi connectivity index (χ1) is 13.9. The number of aromatic nitrogens is 3. The Bertz CT molecular complexity index is 1190. The van der Waals surface area contributed by atoms with Gasteiger partial charge in [-0.1, -0.05) is 24.3 Å². The number of ether oxygens (including phenoxy) is 1. The molecule has 3 heterocycles. The Hall–Kier alpha value is -3.42. The van der Waals surface area contributed by atoms with E-state index >= 15 is 0 Å². The standard InChI is InChI=1S/C21H22N4O4/c1-13(2)25-20(27)18(29-3)17-19(26)23(10-11-24(17)21(25)28)12-15-9-8-14-6-4-5-7-16(14)22-15/h4-9,13H,10-12H2,1-3H3. The van der Waals surface area contributed by atoms with Crippen molar-refractivity contribution in [2.24, 2.45) is 0 Å². The van der Waals surface area contributed by atoms with Crippen molar-refractivity contribution in [3.63, 3.8) is 0 Å². The molecular weight excluding hydrogens is 372 g/mol. The number of rotatable bonds is 4. The molecule has 1 amide bonds. The molecule has 0 radical (unpaired) electrons. The van der Waals surface area contributed by atoms with E-state index in [1.165, 1.54) is 11.7 Å². The van der Waals surface area contributed by atoms with Crippen molar-refractivity contribution in [1.82, 2.24) is 19.0 Å². The highest BCUT2D eigenvalue weighted by Gasteiger charge is 2.33. The molecule has 1 aliphatic rings. The summed E-state index contributed by atoms with van der Waals surface area (Å²) < 4.78 is 7.72. The van der Waals surface area contributed by atoms with Gasteiger partial charge in [-0.2, -0.15) is 0 Å². The van der Waals surface area contributed by atoms with Gasteiger partial charge in [0.15, 0.2) is 5.69 Å². The SMILES string of the molecule is COc1c2n(c(=O)n(C(C)C)c1=O)CCN(Cc1ccc3ccccc3n1)C2=O. The second kappa shape index (κ2) is 7.20. The van der Waals surface area contributed by atoms with Crippen molar-refractivity contribution < 1.29 is 9.53 Å². The maximum Gasteiger partial charge on any atom is 0.332 e. The van der Waals surface area contributed by atoms with Gasteiger partial charge in [-0.3, -0.25) is 23.7 Å². The summed E-state index contributed by atoms with van der Waals surface area (Å²) in [6, 6.07) is 11.3. The summed E-state index contributed by atoms with van der Waals surface area (Å²) in [4.78, 5) is 44.9. The average Bonchev–Trinajstić information content (AvgIpc) is 2.70. The van der Waals surface area contributed by atoms with E-state index in [1.807, 2.05) is 36.4 Å². The largest absolute Gasteiger partial charge is 0.489 e. The fourth-order valence-corrected chi connectivity index (χ4v) is 3.72. The molecule has 0 saturated heterocycles. The van der Waals surface area contributed by atoms with Crippen LogP contribution < -0.4 is 16.0 Å². The average molecular weight is 394 g/mol. The summed E-state index contributed by atoms with van der Waals surface area (Å²) in [5.41, 5.74) is 0.521. The van der Waals surface area contributed by atoms with Gasteiger partial charge in [-0.15, -0.1) is 0 Å². The number of hydrogen-bond donors (Lipinski definition) is 0. The molecule has 0 fully saturated rings. The Morgan fingerprint density at radius 2 is 1.83 bits per heavy atom. The maximum atomic E-state index is 13.2. The number of benzene rings is 1. The first-order valence-corrected chi connectivity index (χ1v) is 9.49. The normalized spacial score (nSPS) is 13.8. The molecule has 8 heteroatoms. The fourth-order valence-electron chi connectivity index (χ4n) is 3.72. The Morgan fingerprint density at radius 1 is 1.07 bits per heavy atom. The second-order valence-corrected chi connectivity index (χ2v) is 7.31. The first-order valence-electron chi connectivity index (χ1n) is 9.49. The Morgan fingerprint density at radius 3 is 2.55 bits per heavy atom. The quantitative estimate of drug-likeness (QED) is 0.674. The van der Waals surface area contributed by atoms with E-state index in [1.54, 1.807) is 18.7 Å². The molecule has 2 aromatic heterocycles. The van der Waals surface area contributed by atoms with Crippen molar-refractivity contribution in [3.05, 3.63) is 68.6 Å². The van der Waals surface area contributed by atoms with Crippen molar-refractivity contribution in [2.75, 3.05) is 13.7 Å². The molecule has 4 rings (SSSR count). The van der Waals surface area contributed by atoms with E-state index in [9.17, 15) is 14.4 Å². The highest BCUT2D eigenvalue weighted by molar-refractivity contribution is 5.95. The number of carbonyl (C=O) groups excluding carboxylic acids is 1. The van der Waals surface area contributed by atoms with Crippen LogP contribution in [-0.4, -0.2) is 38.6 Å². The number of carbonyl (C=O) groups is 1. The molecule has 8 nitrogen and oxygen atoms in total. The van der Waals surface area contributed by atoms with Gasteiger partial charge in [0.25, 0.3) is 11.5 Å². The minimum absolute atomic E-state index is 0.00596. The number of para-hydroxylation sites is 1. The van der Waals surface area contributed by atoms with E-state index in [0.717, 1.165) is 21.2 Å². The minimum atomic E-state index is -0.585. The van der Waals surface area contributed by atoms with Crippen LogP contribution in [0.25, 0.3) is 10.9 Å². The Labute approximate surface area is 167 Å². The summed E-state index contributed by atoms with van der Waals surface area (Å²) in [5.74, 6) is -0.507. The van der Waals surface area contributed by atoms with Crippen molar-refractivity contribution >= 4 is 16.8 Å². The molecule has 1 aromatic carbocycles. The van der Waals surface area contributed by atoms with Crippen LogP contribution in [0.15, 0.2) is 46.0 Å². The van der Waals surface area contributed by atoms with Gasteiger partial charge in [0.1, 0.15) is 0 Å². The monoisotopic (exact) mass is 394 g/mol. The van der Waals surface area contributed by atoms with E-state index in [2.05, 4.69) is 4.98 Å². The summed E-state index contributed by atoms with van der Waals surface area (Å²) in [6.45, 7) is 4.42. The number of amides is 1. The van der Waals surface area contributed by atoms with Crippen molar-refractivity contribution in [1.29, 1.82) is 0 Å². The highest BCUT2D eigenvalue weighted by atomic mass is 16.5. The fraction of sp³-hybridized carbons (Fsp3) is 0.333. The molecule has 0 unspecified atom stereocenters. The van der Waals surface area contributed by atoms with Gasteiger partial charge in [0.05, 0.1) is 24.9 Å². The molecule has 3 aromatic rings. The zero-order chi connectivity index (χ0) is 20.7. The zero-order valence-corrected chi connectivity index (χ0v) is 16.6. The van der Waals surface area contributed by atoms with Crippen molar-refractivity contribution in [3.8, 4) is 5.75 Å². The van der Waals surface area contributed by atoms with Crippen LogP contribution in [0.2, 0.25) is 0 Å². The van der Waals surface area contributed by atoms with Gasteiger partial charge in [0.2, 0.25) is 5.75 Å². The van der Waals surface area contributed by atoms with Crippen LogP contribution in [0.5, 0.6) is 5.75 Å². The third-order valence-corrected chi connectivity index (χ3v) is 5.15. The molecule has 150 valence electrons. The van der Waals surface area contributed by atoms with Gasteiger partial charge < -0.3 is 9.64 Å². The lowest BCUT2D eigenvalue weighted by molar-refractivity contribution is 0.0674. The molecule has 0 N–H and O–H groups in total. The molecular formula is C21H22N4O4. The van der Waals surface area contributed by atoms with Gasteiger partial charge in [-0.25, -0.2) is 4.79 Å². The van der Waals surface area contributed by atoms with Gasteiger partial charge in [-0.05, 0) is 26.0 Å². The molecule has 0 saturated carbocycles. The van der Waals surface area contributed by atoms with Crippen LogP contribution in [0.3, 0.4) is 0 Å². The predicted octanol–water partition coefficient (Wildman–Crippen LogP) is 1.80. The third-order valence-electron chi connectivity index (χ3n) is 5.15. The van der Waals surface area contributed by atoms with E-state index in [4.69, 9.17) is 4.74 Å². The molecule has 1 aliphatic heterocycles. The van der Waals surface area contributed by atoms with Crippen LogP contribution >= 0.6 is 0 Å². The predicted molar refractivity (Wildman–Crippen MR) is 108 cm³/mol. The smallest absolute Gasteiger partial charge is 0.332 e. The number of pyridine rings is 1. The number of nitrogens with zero attached hydrogens (tertiary/aromatic N) is 4. The lowest BCUT2D eigenvalue weighted by Crippen LogP contribution is -2.50. The van der Waals surface area contributed by atoms with Crippen LogP contribution in [-0.2, 0) is 13.1 Å². The Kier molecular flexibility index (Phi) is 4.70. The summed E-state index contributed by atoms with van der Waals surface area (Å²) in [5, 5.41) is 1.02. The van der Waals surface area contributed by atoms with Crippen molar-refractivity contribution in [2.45, 2.75) is 33.0 Å². The number of methoxy groups -OCH3 is 1. The second-order valence-electron chi connectivity index (χ2n) is 7.31. The summed E-state index contributed by atoms with van der Waals surface area (Å²) in [6.07, 6.45) is 0. The molecule has 0 spiro atoms. The minimum Gasteiger partial charge on any atom is -0.489 e.